The molecule has 1 aromatic rings. The van der Waals surface area contributed by atoms with Crippen LogP contribution < -0.4 is 4.72 Å². The molecule has 1 heterocycles. The number of halogens is 1. The van der Waals surface area contributed by atoms with Crippen LogP contribution in [0.25, 0.3) is 0 Å². The molecule has 6 nitrogen and oxygen atoms in total. The molecule has 118 valence electrons. The minimum Gasteiger partial charge on any atom is -0.475 e. The molecule has 0 atom stereocenters. The van der Waals surface area contributed by atoms with Crippen molar-refractivity contribution < 1.29 is 22.7 Å². The summed E-state index contributed by atoms with van der Waals surface area (Å²) in [6.45, 7) is 2.57. The average molecular weight is 380 g/mol. The van der Waals surface area contributed by atoms with Gasteiger partial charge in [-0.25, -0.2) is 17.9 Å². The molecule has 2 N–H and O–H groups in total. The number of nitrogens with one attached hydrogen (secondary N) is 1. The van der Waals surface area contributed by atoms with Crippen LogP contribution in [0.1, 0.15) is 43.2 Å². The van der Waals surface area contributed by atoms with Crippen LogP contribution in [0.15, 0.2) is 20.0 Å². The molecule has 1 fully saturated rings. The van der Waals surface area contributed by atoms with Crippen molar-refractivity contribution in [2.24, 2.45) is 11.8 Å². The molecule has 0 amide bonds. The first-order valence-electron chi connectivity index (χ1n) is 6.82. The SMILES string of the molecule is CC1CCC(CNS(=O)(=O)c2cc(C(=O)O)oc2Br)CC1. The lowest BCUT2D eigenvalue weighted by molar-refractivity contribution is 0.0661. The van der Waals surface area contributed by atoms with Gasteiger partial charge in [0.2, 0.25) is 15.8 Å². The van der Waals surface area contributed by atoms with E-state index < -0.39 is 21.8 Å². The minimum absolute atomic E-state index is 0.0929. The maximum atomic E-state index is 12.2. The zero-order valence-corrected chi connectivity index (χ0v) is 14.0. The highest BCUT2D eigenvalue weighted by Crippen LogP contribution is 2.29. The molecule has 1 aliphatic rings. The molecule has 0 radical (unpaired) electrons. The molecular weight excluding hydrogens is 362 g/mol. The van der Waals surface area contributed by atoms with Gasteiger partial charge in [-0.15, -0.1) is 0 Å². The highest BCUT2D eigenvalue weighted by Gasteiger charge is 2.26. The van der Waals surface area contributed by atoms with E-state index in [0.29, 0.717) is 18.4 Å². The third-order valence-electron chi connectivity index (χ3n) is 3.85. The van der Waals surface area contributed by atoms with Crippen molar-refractivity contribution in [2.75, 3.05) is 6.54 Å². The van der Waals surface area contributed by atoms with Crippen LogP contribution >= 0.6 is 15.9 Å². The lowest BCUT2D eigenvalue weighted by Crippen LogP contribution is -2.31. The first kappa shape index (κ1) is 16.5. The summed E-state index contributed by atoms with van der Waals surface area (Å²) in [6, 6.07) is 1.01. The number of aromatic carboxylic acids is 1. The number of rotatable bonds is 5. The molecular formula is C13H18BrNO5S. The molecule has 0 unspecified atom stereocenters. The van der Waals surface area contributed by atoms with E-state index in [0.717, 1.165) is 31.7 Å². The Balaban J connectivity index is 2.03. The lowest BCUT2D eigenvalue weighted by Gasteiger charge is -2.26. The van der Waals surface area contributed by atoms with Crippen LogP contribution in [0.4, 0.5) is 0 Å². The molecule has 0 spiro atoms. The van der Waals surface area contributed by atoms with Gasteiger partial charge in [0.1, 0.15) is 4.90 Å². The molecule has 21 heavy (non-hydrogen) atoms. The maximum absolute atomic E-state index is 12.2. The summed E-state index contributed by atoms with van der Waals surface area (Å²) in [4.78, 5) is 10.6. The smallest absolute Gasteiger partial charge is 0.371 e. The normalized spacial score (nSPS) is 23.1. The number of carbonyl (C=O) groups is 1. The molecule has 1 saturated carbocycles. The van der Waals surface area contributed by atoms with E-state index >= 15 is 0 Å². The van der Waals surface area contributed by atoms with Gasteiger partial charge in [0.25, 0.3) is 0 Å². The van der Waals surface area contributed by atoms with Gasteiger partial charge in [-0.2, -0.15) is 0 Å². The quantitative estimate of drug-likeness (QED) is 0.819. The van der Waals surface area contributed by atoms with Crippen molar-refractivity contribution in [3.05, 3.63) is 16.5 Å². The Labute approximate surface area is 132 Å². The average Bonchev–Trinajstić information content (AvgIpc) is 2.81. The highest BCUT2D eigenvalue weighted by atomic mass is 79.9. The summed E-state index contributed by atoms with van der Waals surface area (Å²) in [5.74, 6) is -0.674. The van der Waals surface area contributed by atoms with Crippen molar-refractivity contribution in [3.63, 3.8) is 0 Å². The van der Waals surface area contributed by atoms with Crippen LogP contribution in [0.3, 0.4) is 0 Å². The topological polar surface area (TPSA) is 96.6 Å². The highest BCUT2D eigenvalue weighted by molar-refractivity contribution is 9.10. The Hall–Kier alpha value is -0.860. The Morgan fingerprint density at radius 3 is 2.57 bits per heavy atom. The summed E-state index contributed by atoms with van der Waals surface area (Å²) < 4.78 is 31.7. The molecule has 8 heteroatoms. The first-order chi connectivity index (χ1) is 9.79. The van der Waals surface area contributed by atoms with E-state index in [1.165, 1.54) is 0 Å². The number of hydrogen-bond acceptors (Lipinski definition) is 4. The van der Waals surface area contributed by atoms with Crippen molar-refractivity contribution >= 4 is 31.9 Å². The van der Waals surface area contributed by atoms with E-state index in [1.54, 1.807) is 0 Å². The summed E-state index contributed by atoms with van der Waals surface area (Å²) >= 11 is 2.95. The van der Waals surface area contributed by atoms with Gasteiger partial charge in [-0.3, -0.25) is 0 Å². The van der Waals surface area contributed by atoms with Crippen LogP contribution in [-0.2, 0) is 10.0 Å². The Bertz CT molecular complexity index is 617. The van der Waals surface area contributed by atoms with E-state index in [9.17, 15) is 13.2 Å². The summed E-state index contributed by atoms with van der Waals surface area (Å²) in [7, 11) is -3.77. The van der Waals surface area contributed by atoms with Gasteiger partial charge in [0.15, 0.2) is 4.67 Å². The Kier molecular flexibility index (Phi) is 5.11. The Morgan fingerprint density at radius 1 is 1.43 bits per heavy atom. The van der Waals surface area contributed by atoms with Gasteiger partial charge in [0, 0.05) is 12.6 Å². The molecule has 1 aliphatic carbocycles. The second kappa shape index (κ2) is 6.50. The third kappa shape index (κ3) is 4.08. The zero-order chi connectivity index (χ0) is 15.6. The van der Waals surface area contributed by atoms with Gasteiger partial charge >= 0.3 is 5.97 Å². The predicted octanol–water partition coefficient (Wildman–Crippen LogP) is 2.84. The number of carboxylic acid groups (broad SMARTS) is 1. The first-order valence-corrected chi connectivity index (χ1v) is 9.09. The number of furan rings is 1. The molecule has 2 rings (SSSR count). The molecule has 0 aromatic carbocycles. The van der Waals surface area contributed by atoms with Crippen molar-refractivity contribution in [2.45, 2.75) is 37.5 Å². The van der Waals surface area contributed by atoms with Crippen LogP contribution in [0.5, 0.6) is 0 Å². The van der Waals surface area contributed by atoms with Crippen molar-refractivity contribution in [3.8, 4) is 0 Å². The molecule has 0 saturated heterocycles. The summed E-state index contributed by atoms with van der Waals surface area (Å²) in [6.07, 6.45) is 4.25. The summed E-state index contributed by atoms with van der Waals surface area (Å²) in [5, 5.41) is 8.82. The number of sulfonamides is 1. The fraction of sp³-hybridized carbons (Fsp3) is 0.615. The summed E-state index contributed by atoms with van der Waals surface area (Å²) in [5.41, 5.74) is 0. The zero-order valence-electron chi connectivity index (χ0n) is 11.6. The van der Waals surface area contributed by atoms with E-state index in [-0.39, 0.29) is 9.56 Å². The predicted molar refractivity (Wildman–Crippen MR) is 79.7 cm³/mol. The van der Waals surface area contributed by atoms with Gasteiger partial charge in [-0.1, -0.05) is 19.8 Å². The largest absolute Gasteiger partial charge is 0.475 e. The second-order valence-corrected chi connectivity index (χ2v) is 7.99. The van der Waals surface area contributed by atoms with Crippen LogP contribution in [-0.4, -0.2) is 26.0 Å². The third-order valence-corrected chi connectivity index (χ3v) is 6.13. The van der Waals surface area contributed by atoms with Crippen LogP contribution in [0, 0.1) is 11.8 Å². The van der Waals surface area contributed by atoms with E-state index in [4.69, 9.17) is 9.52 Å². The van der Waals surface area contributed by atoms with Crippen molar-refractivity contribution in [1.82, 2.24) is 4.72 Å². The van der Waals surface area contributed by atoms with Gasteiger partial charge in [-0.05, 0) is 40.6 Å². The lowest BCUT2D eigenvalue weighted by atomic mass is 9.83. The monoisotopic (exact) mass is 379 g/mol. The minimum atomic E-state index is -3.77. The maximum Gasteiger partial charge on any atom is 0.371 e. The van der Waals surface area contributed by atoms with Gasteiger partial charge in [0.05, 0.1) is 0 Å². The number of carboxylic acids is 1. The van der Waals surface area contributed by atoms with E-state index in [1.807, 2.05) is 0 Å². The van der Waals surface area contributed by atoms with Gasteiger partial charge < -0.3 is 9.52 Å². The second-order valence-electron chi connectivity index (χ2n) is 5.53. The molecule has 1 aromatic heterocycles. The molecule has 0 aliphatic heterocycles. The number of hydrogen-bond donors (Lipinski definition) is 2. The Morgan fingerprint density at radius 2 is 2.05 bits per heavy atom. The van der Waals surface area contributed by atoms with E-state index in [2.05, 4.69) is 27.6 Å². The fourth-order valence-corrected chi connectivity index (χ4v) is 4.53. The van der Waals surface area contributed by atoms with Crippen LogP contribution in [0.2, 0.25) is 0 Å². The van der Waals surface area contributed by atoms with Crippen molar-refractivity contribution in [1.29, 1.82) is 0 Å². The fourth-order valence-electron chi connectivity index (χ4n) is 2.48. The standard InChI is InChI=1S/C13H18BrNO5S/c1-8-2-4-9(5-3-8)7-15-21(18,19)11-6-10(13(16)17)20-12(11)14/h6,8-9,15H,2-5,7H2,1H3,(H,16,17). The molecule has 0 bridgehead atoms.